The summed E-state index contributed by atoms with van der Waals surface area (Å²) in [6.07, 6.45) is 0.842. The second kappa shape index (κ2) is 10.5. The highest BCUT2D eigenvalue weighted by molar-refractivity contribution is 7.98. The molecule has 0 N–H and O–H groups in total. The van der Waals surface area contributed by atoms with Crippen LogP contribution in [0.2, 0.25) is 0 Å². The van der Waals surface area contributed by atoms with Crippen molar-refractivity contribution in [3.63, 3.8) is 0 Å². The number of aromatic nitrogens is 2. The van der Waals surface area contributed by atoms with Gasteiger partial charge in [0.25, 0.3) is 11.5 Å². The molecule has 0 aliphatic carbocycles. The molecule has 0 fully saturated rings. The van der Waals surface area contributed by atoms with E-state index in [1.165, 1.54) is 22.9 Å². The van der Waals surface area contributed by atoms with Crippen LogP contribution in [-0.4, -0.2) is 26.9 Å². The smallest absolute Gasteiger partial charge is 0.266 e. The van der Waals surface area contributed by atoms with Gasteiger partial charge >= 0.3 is 0 Å². The van der Waals surface area contributed by atoms with Crippen molar-refractivity contribution in [3.05, 3.63) is 135 Å². The number of benzene rings is 4. The van der Waals surface area contributed by atoms with Gasteiger partial charge in [0.1, 0.15) is 0 Å². The minimum atomic E-state index is -0.133. The molecule has 1 aromatic heterocycles. The number of aryl methyl sites for hydroxylation is 2. The molecule has 0 saturated heterocycles. The van der Waals surface area contributed by atoms with Crippen LogP contribution >= 0.6 is 11.8 Å². The molecule has 0 unspecified atom stereocenters. The Bertz CT molecular complexity index is 1740. The van der Waals surface area contributed by atoms with E-state index in [4.69, 9.17) is 4.98 Å². The number of carbonyl (C=O) groups is 1. The molecule has 0 radical (unpaired) electrons. The molecule has 1 aliphatic heterocycles. The van der Waals surface area contributed by atoms with Gasteiger partial charge in [-0.2, -0.15) is 0 Å². The summed E-state index contributed by atoms with van der Waals surface area (Å²) in [5.74, 6) is 0.639. The number of carbonyl (C=O) groups excluding carboxylic acids is 1. The third kappa shape index (κ3) is 5.12. The molecule has 5 aromatic rings. The van der Waals surface area contributed by atoms with Gasteiger partial charge in [0, 0.05) is 24.4 Å². The summed E-state index contributed by atoms with van der Waals surface area (Å²) in [7, 11) is 0. The van der Waals surface area contributed by atoms with Crippen LogP contribution in [0, 0.1) is 13.8 Å². The summed E-state index contributed by atoms with van der Waals surface area (Å²) in [6, 6.07) is 29.8. The molecule has 2 heterocycles. The molecular formula is C33H29N3O2S. The van der Waals surface area contributed by atoms with Crippen LogP contribution in [0.25, 0.3) is 16.6 Å². The minimum Gasteiger partial charge on any atom is -0.334 e. The molecule has 6 rings (SSSR count). The van der Waals surface area contributed by atoms with Gasteiger partial charge in [0.15, 0.2) is 5.16 Å². The normalized spacial score (nSPS) is 12.9. The first-order chi connectivity index (χ1) is 19.0. The third-order valence-corrected chi connectivity index (χ3v) is 8.19. The highest BCUT2D eigenvalue weighted by atomic mass is 32.2. The lowest BCUT2D eigenvalue weighted by Crippen LogP contribution is -2.36. The second-order valence-corrected chi connectivity index (χ2v) is 11.1. The third-order valence-electron chi connectivity index (χ3n) is 7.18. The van der Waals surface area contributed by atoms with Gasteiger partial charge in [-0.25, -0.2) is 4.98 Å². The maximum Gasteiger partial charge on any atom is 0.266 e. The van der Waals surface area contributed by atoms with Crippen molar-refractivity contribution in [2.75, 3.05) is 6.54 Å². The highest BCUT2D eigenvalue weighted by Gasteiger charge is 2.23. The lowest BCUT2D eigenvalue weighted by molar-refractivity contribution is 0.0735. The standard InChI is InChI=1S/C33H29N3O2S/c1-22-16-23(2)18-28(17-22)36-32(38)29-13-12-26(31(37)35-15-14-25-10-6-7-11-27(25)20-35)19-30(29)34-33(36)39-21-24-8-4-3-5-9-24/h3-13,16-19H,14-15,20-21H2,1-2H3. The van der Waals surface area contributed by atoms with Crippen LogP contribution in [0.15, 0.2) is 101 Å². The molecule has 39 heavy (non-hydrogen) atoms. The molecule has 5 nitrogen and oxygen atoms in total. The average molecular weight is 532 g/mol. The van der Waals surface area contributed by atoms with Crippen molar-refractivity contribution in [1.82, 2.24) is 14.5 Å². The summed E-state index contributed by atoms with van der Waals surface area (Å²) in [5.41, 5.74) is 7.57. The predicted molar refractivity (Wildman–Crippen MR) is 158 cm³/mol. The summed E-state index contributed by atoms with van der Waals surface area (Å²) in [4.78, 5) is 34.3. The Labute approximate surface area is 232 Å². The fraction of sp³-hybridized carbons (Fsp3) is 0.182. The molecule has 6 heteroatoms. The van der Waals surface area contributed by atoms with Gasteiger partial charge in [-0.1, -0.05) is 72.4 Å². The zero-order chi connectivity index (χ0) is 26.9. The van der Waals surface area contributed by atoms with E-state index in [0.717, 1.165) is 28.8 Å². The first kappa shape index (κ1) is 25.1. The Morgan fingerprint density at radius 3 is 2.36 bits per heavy atom. The predicted octanol–water partition coefficient (Wildman–Crippen LogP) is 6.49. The van der Waals surface area contributed by atoms with Crippen LogP contribution in [0.4, 0.5) is 0 Å². The fourth-order valence-electron chi connectivity index (χ4n) is 5.28. The van der Waals surface area contributed by atoms with E-state index < -0.39 is 0 Å². The highest BCUT2D eigenvalue weighted by Crippen LogP contribution is 2.27. The first-order valence-corrected chi connectivity index (χ1v) is 14.1. The molecule has 0 atom stereocenters. The van der Waals surface area contributed by atoms with Gasteiger partial charge in [-0.05, 0) is 78.4 Å². The lowest BCUT2D eigenvalue weighted by Gasteiger charge is -2.29. The zero-order valence-corrected chi connectivity index (χ0v) is 22.9. The molecule has 4 aromatic carbocycles. The molecule has 1 aliphatic rings. The number of hydrogen-bond acceptors (Lipinski definition) is 4. The number of hydrogen-bond donors (Lipinski definition) is 0. The van der Waals surface area contributed by atoms with Crippen LogP contribution in [0.5, 0.6) is 0 Å². The maximum atomic E-state index is 13.9. The quantitative estimate of drug-likeness (QED) is 0.192. The van der Waals surface area contributed by atoms with Crippen molar-refractivity contribution in [2.45, 2.75) is 37.7 Å². The maximum absolute atomic E-state index is 13.9. The molecular weight excluding hydrogens is 502 g/mol. The van der Waals surface area contributed by atoms with E-state index in [0.29, 0.717) is 40.5 Å². The Kier molecular flexibility index (Phi) is 6.79. The monoisotopic (exact) mass is 531 g/mol. The van der Waals surface area contributed by atoms with Gasteiger partial charge < -0.3 is 4.90 Å². The van der Waals surface area contributed by atoms with E-state index in [-0.39, 0.29) is 11.5 Å². The van der Waals surface area contributed by atoms with E-state index >= 15 is 0 Å². The summed E-state index contributed by atoms with van der Waals surface area (Å²) < 4.78 is 1.71. The van der Waals surface area contributed by atoms with Gasteiger partial charge in [-0.3, -0.25) is 14.2 Å². The van der Waals surface area contributed by atoms with Gasteiger partial charge in [0.2, 0.25) is 0 Å². The van der Waals surface area contributed by atoms with Crippen LogP contribution in [0.1, 0.15) is 38.2 Å². The van der Waals surface area contributed by atoms with E-state index in [1.54, 1.807) is 22.8 Å². The SMILES string of the molecule is Cc1cc(C)cc(-n2c(SCc3ccccc3)nc3cc(C(=O)N4CCc5ccccc5C4)ccc3c2=O)c1. The summed E-state index contributed by atoms with van der Waals surface area (Å²) >= 11 is 1.53. The second-order valence-electron chi connectivity index (χ2n) is 10.1. The van der Waals surface area contributed by atoms with E-state index in [2.05, 4.69) is 30.3 Å². The molecule has 1 amide bonds. The fourth-order valence-corrected chi connectivity index (χ4v) is 6.24. The van der Waals surface area contributed by atoms with Crippen molar-refractivity contribution >= 4 is 28.6 Å². The molecule has 0 spiro atoms. The first-order valence-electron chi connectivity index (χ1n) is 13.1. The Morgan fingerprint density at radius 2 is 1.59 bits per heavy atom. The van der Waals surface area contributed by atoms with Gasteiger partial charge in [-0.15, -0.1) is 0 Å². The summed E-state index contributed by atoms with van der Waals surface area (Å²) in [6.45, 7) is 5.33. The molecule has 0 saturated carbocycles. The van der Waals surface area contributed by atoms with Crippen molar-refractivity contribution in [2.24, 2.45) is 0 Å². The number of fused-ring (bicyclic) bond motifs is 2. The number of amides is 1. The van der Waals surface area contributed by atoms with Crippen molar-refractivity contribution in [1.29, 1.82) is 0 Å². The number of rotatable bonds is 5. The Morgan fingerprint density at radius 1 is 0.872 bits per heavy atom. The number of nitrogens with zero attached hydrogens (tertiary/aromatic N) is 3. The van der Waals surface area contributed by atoms with Crippen molar-refractivity contribution in [3.8, 4) is 5.69 Å². The number of thioether (sulfide) groups is 1. The lowest BCUT2D eigenvalue weighted by atomic mass is 9.99. The molecule has 194 valence electrons. The Balaban J connectivity index is 1.41. The van der Waals surface area contributed by atoms with Crippen LogP contribution < -0.4 is 5.56 Å². The zero-order valence-electron chi connectivity index (χ0n) is 22.1. The average Bonchev–Trinajstić information content (AvgIpc) is 2.95. The van der Waals surface area contributed by atoms with E-state index in [1.807, 2.05) is 61.2 Å². The molecule has 0 bridgehead atoms. The topological polar surface area (TPSA) is 55.2 Å². The van der Waals surface area contributed by atoms with Gasteiger partial charge in [0.05, 0.1) is 16.6 Å². The van der Waals surface area contributed by atoms with E-state index in [9.17, 15) is 9.59 Å². The van der Waals surface area contributed by atoms with Crippen LogP contribution in [0.3, 0.4) is 0 Å². The van der Waals surface area contributed by atoms with Crippen LogP contribution in [-0.2, 0) is 18.7 Å². The largest absolute Gasteiger partial charge is 0.334 e. The minimum absolute atomic E-state index is 0.0369. The Hall–Kier alpha value is -4.16. The summed E-state index contributed by atoms with van der Waals surface area (Å²) in [5, 5.41) is 1.11. The van der Waals surface area contributed by atoms with Crippen molar-refractivity contribution < 1.29 is 4.79 Å².